The van der Waals surface area contributed by atoms with Crippen molar-refractivity contribution in [2.75, 3.05) is 6.61 Å². The SMILES string of the molecule is CCC1CC(n2c(=O)nc(-c3ccccn3)c3oc4ccc(Cl)nc4c32)CCO1. The fraction of sp³-hybridized carbons (Fsp3) is 0.333. The lowest BCUT2D eigenvalue weighted by Gasteiger charge is -2.30. The van der Waals surface area contributed by atoms with Crippen LogP contribution in [0.2, 0.25) is 5.15 Å². The van der Waals surface area contributed by atoms with E-state index in [4.69, 9.17) is 20.8 Å². The van der Waals surface area contributed by atoms with E-state index in [0.29, 0.717) is 45.3 Å². The lowest BCUT2D eigenvalue weighted by Crippen LogP contribution is -2.34. The van der Waals surface area contributed by atoms with E-state index in [1.54, 1.807) is 29.0 Å². The zero-order chi connectivity index (χ0) is 20.0. The molecule has 4 aromatic rings. The minimum atomic E-state index is -0.343. The first kappa shape index (κ1) is 18.3. The molecular formula is C21H19ClN4O3. The molecule has 0 aromatic carbocycles. The van der Waals surface area contributed by atoms with E-state index in [1.165, 1.54) is 0 Å². The highest BCUT2D eigenvalue weighted by Crippen LogP contribution is 2.36. The van der Waals surface area contributed by atoms with Crippen molar-refractivity contribution >= 4 is 33.8 Å². The predicted molar refractivity (Wildman–Crippen MR) is 110 cm³/mol. The molecule has 5 heterocycles. The van der Waals surface area contributed by atoms with Gasteiger partial charge in [0, 0.05) is 18.8 Å². The Morgan fingerprint density at radius 3 is 2.93 bits per heavy atom. The third-order valence-electron chi connectivity index (χ3n) is 5.41. The molecule has 5 rings (SSSR count). The number of aromatic nitrogens is 4. The van der Waals surface area contributed by atoms with Gasteiger partial charge in [-0.15, -0.1) is 0 Å². The molecule has 29 heavy (non-hydrogen) atoms. The number of hydrogen-bond donors (Lipinski definition) is 0. The Hall–Kier alpha value is -2.77. The second-order valence-corrected chi connectivity index (χ2v) is 7.55. The molecule has 2 unspecified atom stereocenters. The van der Waals surface area contributed by atoms with Crippen molar-refractivity contribution in [1.82, 2.24) is 19.5 Å². The molecule has 4 aromatic heterocycles. The van der Waals surface area contributed by atoms with E-state index in [9.17, 15) is 4.79 Å². The van der Waals surface area contributed by atoms with E-state index < -0.39 is 0 Å². The molecule has 0 spiro atoms. The quantitative estimate of drug-likeness (QED) is 0.466. The van der Waals surface area contributed by atoms with Crippen LogP contribution >= 0.6 is 11.6 Å². The van der Waals surface area contributed by atoms with Crippen LogP contribution < -0.4 is 5.69 Å². The Morgan fingerprint density at radius 2 is 2.14 bits per heavy atom. The Bertz CT molecular complexity index is 1250. The Morgan fingerprint density at radius 1 is 1.24 bits per heavy atom. The molecule has 7 nitrogen and oxygen atoms in total. The van der Waals surface area contributed by atoms with Gasteiger partial charge in [-0.3, -0.25) is 9.55 Å². The molecule has 0 radical (unpaired) electrons. The van der Waals surface area contributed by atoms with Crippen LogP contribution in [-0.2, 0) is 4.74 Å². The summed E-state index contributed by atoms with van der Waals surface area (Å²) in [6.07, 6.45) is 4.13. The van der Waals surface area contributed by atoms with Crippen LogP contribution in [0.25, 0.3) is 33.6 Å². The first-order valence-electron chi connectivity index (χ1n) is 9.70. The van der Waals surface area contributed by atoms with Gasteiger partial charge in [-0.25, -0.2) is 9.78 Å². The molecule has 1 aliphatic heterocycles. The highest BCUT2D eigenvalue weighted by molar-refractivity contribution is 6.30. The lowest BCUT2D eigenvalue weighted by atomic mass is 10.0. The predicted octanol–water partition coefficient (Wildman–Crippen LogP) is 4.38. The molecule has 0 N–H and O–H groups in total. The third kappa shape index (κ3) is 3.10. The van der Waals surface area contributed by atoms with Gasteiger partial charge < -0.3 is 9.15 Å². The van der Waals surface area contributed by atoms with Crippen LogP contribution in [0.3, 0.4) is 0 Å². The van der Waals surface area contributed by atoms with Gasteiger partial charge in [-0.2, -0.15) is 4.98 Å². The maximum atomic E-state index is 13.2. The van der Waals surface area contributed by atoms with Crippen LogP contribution in [0.4, 0.5) is 0 Å². The van der Waals surface area contributed by atoms with Crippen molar-refractivity contribution in [3.63, 3.8) is 0 Å². The summed E-state index contributed by atoms with van der Waals surface area (Å²) in [6.45, 7) is 2.69. The zero-order valence-electron chi connectivity index (χ0n) is 15.8. The van der Waals surface area contributed by atoms with Crippen molar-refractivity contribution in [3.05, 3.63) is 52.2 Å². The Kier molecular flexibility index (Phi) is 4.56. The summed E-state index contributed by atoms with van der Waals surface area (Å²) in [4.78, 5) is 26.4. The van der Waals surface area contributed by atoms with Crippen molar-refractivity contribution < 1.29 is 9.15 Å². The van der Waals surface area contributed by atoms with E-state index in [0.717, 1.165) is 19.3 Å². The molecule has 1 saturated heterocycles. The van der Waals surface area contributed by atoms with Crippen LogP contribution in [0.5, 0.6) is 0 Å². The second kappa shape index (κ2) is 7.24. The highest BCUT2D eigenvalue weighted by Gasteiger charge is 2.29. The summed E-state index contributed by atoms with van der Waals surface area (Å²) in [7, 11) is 0. The molecule has 0 aliphatic carbocycles. The third-order valence-corrected chi connectivity index (χ3v) is 5.62. The molecule has 1 fully saturated rings. The maximum Gasteiger partial charge on any atom is 0.349 e. The normalized spacial score (nSPS) is 19.8. The molecule has 1 aliphatic rings. The number of fused-ring (bicyclic) bond motifs is 3. The Labute approximate surface area is 171 Å². The fourth-order valence-electron chi connectivity index (χ4n) is 4.01. The fourth-order valence-corrected chi connectivity index (χ4v) is 4.16. The highest BCUT2D eigenvalue weighted by atomic mass is 35.5. The van der Waals surface area contributed by atoms with Crippen LogP contribution in [0, 0.1) is 0 Å². The number of pyridine rings is 2. The summed E-state index contributed by atoms with van der Waals surface area (Å²) >= 11 is 6.17. The second-order valence-electron chi connectivity index (χ2n) is 7.17. The van der Waals surface area contributed by atoms with Crippen LogP contribution in [-0.4, -0.2) is 32.2 Å². The van der Waals surface area contributed by atoms with E-state index >= 15 is 0 Å². The molecular weight excluding hydrogens is 392 g/mol. The topological polar surface area (TPSA) is 83.0 Å². The number of halogens is 1. The minimum Gasteiger partial charge on any atom is -0.450 e. The van der Waals surface area contributed by atoms with Gasteiger partial charge in [-0.05, 0) is 43.5 Å². The Balaban J connectivity index is 1.84. The van der Waals surface area contributed by atoms with Gasteiger partial charge in [-0.1, -0.05) is 24.6 Å². The van der Waals surface area contributed by atoms with Gasteiger partial charge in [0.1, 0.15) is 21.9 Å². The average molecular weight is 411 g/mol. The summed E-state index contributed by atoms with van der Waals surface area (Å²) in [6, 6.07) is 8.86. The molecule has 148 valence electrons. The molecule has 8 heteroatoms. The molecule has 2 atom stereocenters. The van der Waals surface area contributed by atoms with Gasteiger partial charge in [0.25, 0.3) is 0 Å². The maximum absolute atomic E-state index is 13.2. The molecule has 0 saturated carbocycles. The summed E-state index contributed by atoms with van der Waals surface area (Å²) in [5.74, 6) is 0. The number of furan rings is 1. The van der Waals surface area contributed by atoms with Crippen molar-refractivity contribution in [2.45, 2.75) is 38.3 Å². The number of rotatable bonds is 3. The van der Waals surface area contributed by atoms with E-state index in [1.807, 2.05) is 12.1 Å². The number of hydrogen-bond acceptors (Lipinski definition) is 6. The molecule has 0 amide bonds. The van der Waals surface area contributed by atoms with E-state index in [-0.39, 0.29) is 17.8 Å². The van der Waals surface area contributed by atoms with Gasteiger partial charge in [0.05, 0.1) is 11.8 Å². The van der Waals surface area contributed by atoms with Gasteiger partial charge in [0.15, 0.2) is 11.2 Å². The monoisotopic (exact) mass is 410 g/mol. The summed E-state index contributed by atoms with van der Waals surface area (Å²) in [5, 5.41) is 0.341. The van der Waals surface area contributed by atoms with Crippen LogP contribution in [0.1, 0.15) is 32.2 Å². The first-order valence-corrected chi connectivity index (χ1v) is 10.1. The lowest BCUT2D eigenvalue weighted by molar-refractivity contribution is -0.00710. The smallest absolute Gasteiger partial charge is 0.349 e. The minimum absolute atomic E-state index is 0.0458. The van der Waals surface area contributed by atoms with Crippen molar-refractivity contribution in [2.24, 2.45) is 0 Å². The zero-order valence-corrected chi connectivity index (χ0v) is 16.6. The average Bonchev–Trinajstić information content (AvgIpc) is 3.12. The largest absolute Gasteiger partial charge is 0.450 e. The first-order chi connectivity index (χ1) is 14.2. The van der Waals surface area contributed by atoms with E-state index in [2.05, 4.69) is 21.9 Å². The summed E-state index contributed by atoms with van der Waals surface area (Å²) in [5.41, 5.74) is 2.87. The molecule has 0 bridgehead atoms. The number of nitrogens with zero attached hydrogens (tertiary/aromatic N) is 4. The standard InChI is InChI=1S/C21H19ClN4O3/c1-2-13-11-12(8-10-28-13)26-19-18-15(6-7-16(22)24-18)29-20(19)17(25-21(26)27)14-5-3-4-9-23-14/h3-7,9,12-13H,2,8,10-11H2,1H3. The number of ether oxygens (including phenoxy) is 1. The van der Waals surface area contributed by atoms with Crippen LogP contribution in [0.15, 0.2) is 45.7 Å². The van der Waals surface area contributed by atoms with Crippen molar-refractivity contribution in [3.8, 4) is 11.4 Å². The summed E-state index contributed by atoms with van der Waals surface area (Å²) < 4.78 is 13.6. The van der Waals surface area contributed by atoms with Gasteiger partial charge >= 0.3 is 5.69 Å². The van der Waals surface area contributed by atoms with Crippen molar-refractivity contribution in [1.29, 1.82) is 0 Å². The van der Waals surface area contributed by atoms with Gasteiger partial charge in [0.2, 0.25) is 0 Å².